The van der Waals surface area contributed by atoms with Crippen LogP contribution in [0.3, 0.4) is 0 Å². The topological polar surface area (TPSA) is 26.3 Å². The van der Waals surface area contributed by atoms with Crippen LogP contribution in [-0.2, 0) is 9.53 Å². The van der Waals surface area contributed by atoms with Crippen molar-refractivity contribution >= 4 is 5.97 Å². The molecule has 2 nitrogen and oxygen atoms in total. The Hall–Kier alpha value is -0.530. The second kappa shape index (κ2) is 25.1. The monoisotopic (exact) mass is 452 g/mol. The average Bonchev–Trinajstić information content (AvgIpc) is 2.79. The first-order valence-electron chi connectivity index (χ1n) is 14.8. The van der Waals surface area contributed by atoms with Crippen molar-refractivity contribution in [1.82, 2.24) is 0 Å². The van der Waals surface area contributed by atoms with E-state index in [4.69, 9.17) is 4.74 Å². The first-order chi connectivity index (χ1) is 15.7. The highest BCUT2D eigenvalue weighted by molar-refractivity contribution is 5.71. The smallest absolute Gasteiger partial charge is 0.308 e. The third kappa shape index (κ3) is 21.3. The molecule has 0 aromatic heterocycles. The first-order valence-corrected chi connectivity index (χ1v) is 14.8. The molecular formula is C30H60O2. The predicted octanol–water partition coefficient (Wildman–Crippen LogP) is 10.4. The number of carbonyl (C=O) groups excluding carboxylic acids is 1. The van der Waals surface area contributed by atoms with Gasteiger partial charge in [0.1, 0.15) is 0 Å². The average molecular weight is 453 g/mol. The van der Waals surface area contributed by atoms with Gasteiger partial charge in [-0.2, -0.15) is 0 Å². The van der Waals surface area contributed by atoms with Crippen molar-refractivity contribution < 1.29 is 9.53 Å². The highest BCUT2D eigenvalue weighted by atomic mass is 16.5. The number of unbranched alkanes of at least 4 members (excludes halogenated alkanes) is 16. The summed E-state index contributed by atoms with van der Waals surface area (Å²) in [6, 6.07) is 0. The molecule has 0 amide bonds. The van der Waals surface area contributed by atoms with Crippen LogP contribution in [0.1, 0.15) is 169 Å². The number of hydrogen-bond acceptors (Lipinski definition) is 2. The van der Waals surface area contributed by atoms with Crippen LogP contribution in [-0.4, -0.2) is 12.6 Å². The van der Waals surface area contributed by atoms with Crippen LogP contribution in [0.2, 0.25) is 0 Å². The van der Waals surface area contributed by atoms with Gasteiger partial charge in [0.25, 0.3) is 0 Å². The molecule has 0 fully saturated rings. The van der Waals surface area contributed by atoms with E-state index in [2.05, 4.69) is 27.7 Å². The standard InChI is InChI=1S/C30H60O2/c1-5-8-10-12-14-15-16-17-18-19-20-22-25-28(4)30(31)32-27-29(24-7-3)26-23-21-13-11-9-6-2/h28-29H,5-27H2,1-4H3. The number of ether oxygens (including phenoxy) is 1. The van der Waals surface area contributed by atoms with Crippen molar-refractivity contribution in [1.29, 1.82) is 0 Å². The Morgan fingerprint density at radius 3 is 1.38 bits per heavy atom. The van der Waals surface area contributed by atoms with Gasteiger partial charge in [0, 0.05) is 0 Å². The van der Waals surface area contributed by atoms with Crippen molar-refractivity contribution in [2.45, 2.75) is 169 Å². The second-order valence-electron chi connectivity index (χ2n) is 10.4. The minimum atomic E-state index is 0.0390. The summed E-state index contributed by atoms with van der Waals surface area (Å²) < 4.78 is 5.73. The van der Waals surface area contributed by atoms with Crippen molar-refractivity contribution in [3.63, 3.8) is 0 Å². The Kier molecular flexibility index (Phi) is 24.7. The highest BCUT2D eigenvalue weighted by Gasteiger charge is 2.16. The lowest BCUT2D eigenvalue weighted by Crippen LogP contribution is -2.19. The molecule has 0 aliphatic rings. The lowest BCUT2D eigenvalue weighted by molar-refractivity contribution is -0.149. The van der Waals surface area contributed by atoms with Gasteiger partial charge in [-0.05, 0) is 25.2 Å². The molecule has 2 atom stereocenters. The van der Waals surface area contributed by atoms with E-state index in [1.807, 2.05) is 0 Å². The minimum absolute atomic E-state index is 0.0390. The van der Waals surface area contributed by atoms with Crippen LogP contribution in [0, 0.1) is 11.8 Å². The maximum atomic E-state index is 12.4. The molecule has 0 saturated heterocycles. The van der Waals surface area contributed by atoms with Crippen molar-refractivity contribution in [3.8, 4) is 0 Å². The predicted molar refractivity (Wildman–Crippen MR) is 142 cm³/mol. The maximum absolute atomic E-state index is 12.4. The summed E-state index contributed by atoms with van der Waals surface area (Å²) in [5.74, 6) is 0.667. The van der Waals surface area contributed by atoms with Crippen molar-refractivity contribution in [2.24, 2.45) is 11.8 Å². The molecule has 0 radical (unpaired) electrons. The fraction of sp³-hybridized carbons (Fsp3) is 0.967. The summed E-state index contributed by atoms with van der Waals surface area (Å²) in [5, 5.41) is 0. The Balaban J connectivity index is 3.67. The molecule has 0 aliphatic heterocycles. The van der Waals surface area contributed by atoms with E-state index in [1.54, 1.807) is 0 Å². The maximum Gasteiger partial charge on any atom is 0.308 e. The van der Waals surface area contributed by atoms with Crippen LogP contribution >= 0.6 is 0 Å². The molecule has 2 heteroatoms. The molecule has 32 heavy (non-hydrogen) atoms. The number of hydrogen-bond donors (Lipinski definition) is 0. The number of esters is 1. The molecular weight excluding hydrogens is 392 g/mol. The summed E-state index contributed by atoms with van der Waals surface area (Å²) in [5.41, 5.74) is 0. The van der Waals surface area contributed by atoms with Gasteiger partial charge in [-0.1, -0.05) is 150 Å². The van der Waals surface area contributed by atoms with Crippen LogP contribution in [0.4, 0.5) is 0 Å². The zero-order valence-electron chi connectivity index (χ0n) is 22.7. The van der Waals surface area contributed by atoms with Gasteiger partial charge in [-0.3, -0.25) is 4.79 Å². The molecule has 0 heterocycles. The Bertz CT molecular complexity index is 379. The van der Waals surface area contributed by atoms with E-state index < -0.39 is 0 Å². The van der Waals surface area contributed by atoms with Gasteiger partial charge in [0.15, 0.2) is 0 Å². The Labute approximate surface area is 203 Å². The van der Waals surface area contributed by atoms with Gasteiger partial charge in [-0.15, -0.1) is 0 Å². The van der Waals surface area contributed by atoms with Gasteiger partial charge >= 0.3 is 5.97 Å². The fourth-order valence-electron chi connectivity index (χ4n) is 4.68. The molecule has 0 saturated carbocycles. The normalized spacial score (nSPS) is 13.2. The number of rotatable bonds is 25. The molecule has 0 spiro atoms. The van der Waals surface area contributed by atoms with Crippen molar-refractivity contribution in [2.75, 3.05) is 6.61 Å². The first kappa shape index (κ1) is 31.5. The van der Waals surface area contributed by atoms with Crippen LogP contribution in [0.15, 0.2) is 0 Å². The summed E-state index contributed by atoms with van der Waals surface area (Å²) in [4.78, 5) is 12.4. The number of carbonyl (C=O) groups is 1. The summed E-state index contributed by atoms with van der Waals surface area (Å²) >= 11 is 0. The van der Waals surface area contributed by atoms with E-state index >= 15 is 0 Å². The molecule has 0 aromatic rings. The van der Waals surface area contributed by atoms with Gasteiger partial charge < -0.3 is 4.74 Å². The molecule has 0 aromatic carbocycles. The van der Waals surface area contributed by atoms with Crippen LogP contribution in [0.25, 0.3) is 0 Å². The van der Waals surface area contributed by atoms with E-state index in [-0.39, 0.29) is 11.9 Å². The van der Waals surface area contributed by atoms with Gasteiger partial charge in [0.2, 0.25) is 0 Å². The zero-order chi connectivity index (χ0) is 23.7. The lowest BCUT2D eigenvalue weighted by atomic mass is 9.96. The van der Waals surface area contributed by atoms with E-state index in [9.17, 15) is 4.79 Å². The largest absolute Gasteiger partial charge is 0.465 e. The third-order valence-electron chi connectivity index (χ3n) is 7.02. The quantitative estimate of drug-likeness (QED) is 0.102. The lowest BCUT2D eigenvalue weighted by Gasteiger charge is -2.18. The zero-order valence-corrected chi connectivity index (χ0v) is 22.7. The Morgan fingerprint density at radius 2 is 0.938 bits per heavy atom. The molecule has 192 valence electrons. The summed E-state index contributed by atoms with van der Waals surface area (Å²) in [7, 11) is 0. The van der Waals surface area contributed by atoms with E-state index in [1.165, 1.54) is 135 Å². The highest BCUT2D eigenvalue weighted by Crippen LogP contribution is 2.19. The van der Waals surface area contributed by atoms with Gasteiger partial charge in [-0.25, -0.2) is 0 Å². The molecule has 2 unspecified atom stereocenters. The third-order valence-corrected chi connectivity index (χ3v) is 7.02. The van der Waals surface area contributed by atoms with E-state index in [0.717, 1.165) is 6.42 Å². The van der Waals surface area contributed by atoms with E-state index in [0.29, 0.717) is 12.5 Å². The second-order valence-corrected chi connectivity index (χ2v) is 10.4. The summed E-state index contributed by atoms with van der Waals surface area (Å²) in [6.07, 6.45) is 29.0. The Morgan fingerprint density at radius 1 is 0.531 bits per heavy atom. The van der Waals surface area contributed by atoms with Gasteiger partial charge in [0.05, 0.1) is 12.5 Å². The minimum Gasteiger partial charge on any atom is -0.465 e. The molecule has 0 aliphatic carbocycles. The molecule has 0 rings (SSSR count). The van der Waals surface area contributed by atoms with Crippen molar-refractivity contribution in [3.05, 3.63) is 0 Å². The fourth-order valence-corrected chi connectivity index (χ4v) is 4.68. The molecule has 0 bridgehead atoms. The molecule has 0 N–H and O–H groups in total. The summed E-state index contributed by atoms with van der Waals surface area (Å²) in [6.45, 7) is 9.50. The SMILES string of the molecule is CCCCCCCCCCCCCCC(C)C(=O)OCC(CCC)CCCCCCCC. The van der Waals surface area contributed by atoms with Crippen LogP contribution in [0.5, 0.6) is 0 Å². The van der Waals surface area contributed by atoms with Crippen LogP contribution < -0.4 is 0 Å².